The molecule has 128 valence electrons. The number of nitrogens with two attached hydrogens (primary N) is 1. The van der Waals surface area contributed by atoms with Gasteiger partial charge in [-0.25, -0.2) is 4.39 Å². The molecule has 0 radical (unpaired) electrons. The summed E-state index contributed by atoms with van der Waals surface area (Å²) in [6.07, 6.45) is -4.93. The molecule has 0 saturated carbocycles. The number of primary amides is 1. The minimum atomic E-state index is -4.93. The lowest BCUT2D eigenvalue weighted by molar-refractivity contribution is -0.388. The number of alkyl halides is 3. The average Bonchev–Trinajstić information content (AvgIpc) is 2.46. The van der Waals surface area contributed by atoms with E-state index in [0.717, 1.165) is 0 Å². The first-order valence-electron chi connectivity index (χ1n) is 6.13. The quantitative estimate of drug-likeness (QED) is 0.494. The van der Waals surface area contributed by atoms with E-state index in [-0.39, 0.29) is 17.4 Å². The van der Waals surface area contributed by atoms with Crippen LogP contribution >= 0.6 is 0 Å². The van der Waals surface area contributed by atoms with Crippen LogP contribution < -0.4 is 5.73 Å². The lowest BCUT2D eigenvalue weighted by Gasteiger charge is -2.06. The number of carbonyl (C=O) groups excluding carboxylic acids is 1. The Kier molecular flexibility index (Phi) is 5.82. The number of aromatic hydroxyl groups is 1. The molecule has 0 heterocycles. The number of nitro benzene ring substituents is 1. The van der Waals surface area contributed by atoms with E-state index in [1.165, 1.54) is 12.1 Å². The van der Waals surface area contributed by atoms with Gasteiger partial charge in [-0.05, 0) is 24.3 Å². The van der Waals surface area contributed by atoms with Gasteiger partial charge in [0, 0.05) is 6.07 Å². The van der Waals surface area contributed by atoms with Crippen LogP contribution in [0.5, 0.6) is 5.75 Å². The fourth-order valence-corrected chi connectivity index (χ4v) is 1.58. The molecule has 0 spiro atoms. The van der Waals surface area contributed by atoms with Gasteiger partial charge in [-0.15, -0.1) is 0 Å². The molecule has 0 fully saturated rings. The van der Waals surface area contributed by atoms with Crippen molar-refractivity contribution in [2.24, 2.45) is 5.73 Å². The summed E-state index contributed by atoms with van der Waals surface area (Å²) in [5.41, 5.74) is 2.34. The van der Waals surface area contributed by atoms with Crippen molar-refractivity contribution in [2.45, 2.75) is 6.18 Å². The monoisotopic (exact) mass is 346 g/mol. The van der Waals surface area contributed by atoms with Crippen molar-refractivity contribution in [3.05, 3.63) is 69.5 Å². The molecular formula is C14H10F4N2O4. The topological polar surface area (TPSA) is 106 Å². The summed E-state index contributed by atoms with van der Waals surface area (Å²) in [6.45, 7) is 0. The van der Waals surface area contributed by atoms with Crippen LogP contribution in [0.3, 0.4) is 0 Å². The third-order valence-corrected chi connectivity index (χ3v) is 2.63. The number of nitrogens with zero attached hydrogens (tertiary/aromatic N) is 1. The average molecular weight is 346 g/mol. The molecule has 1 amide bonds. The first kappa shape index (κ1) is 18.9. The Hall–Kier alpha value is -3.17. The number of benzene rings is 2. The number of halogens is 4. The molecule has 0 aliphatic carbocycles. The van der Waals surface area contributed by atoms with Crippen LogP contribution in [0.25, 0.3) is 0 Å². The Balaban J connectivity index is 0.000000254. The lowest BCUT2D eigenvalue weighted by Crippen LogP contribution is -2.10. The summed E-state index contributed by atoms with van der Waals surface area (Å²) >= 11 is 0. The van der Waals surface area contributed by atoms with Crippen LogP contribution in [0, 0.1) is 15.9 Å². The first-order valence-corrected chi connectivity index (χ1v) is 6.13. The number of amides is 1. The highest BCUT2D eigenvalue weighted by molar-refractivity contribution is 5.95. The second-order valence-corrected chi connectivity index (χ2v) is 4.30. The highest BCUT2D eigenvalue weighted by atomic mass is 19.4. The van der Waals surface area contributed by atoms with Crippen LogP contribution in [-0.4, -0.2) is 15.9 Å². The summed E-state index contributed by atoms with van der Waals surface area (Å²) < 4.78 is 48.8. The highest BCUT2D eigenvalue weighted by Crippen LogP contribution is 2.36. The van der Waals surface area contributed by atoms with E-state index >= 15 is 0 Å². The minimum Gasteiger partial charge on any atom is -0.507 e. The maximum atomic E-state index is 12.4. The van der Waals surface area contributed by atoms with Crippen LogP contribution in [0.15, 0.2) is 42.5 Å². The predicted molar refractivity (Wildman–Crippen MR) is 74.7 cm³/mol. The second-order valence-electron chi connectivity index (χ2n) is 4.30. The Labute approximate surface area is 132 Å². The maximum Gasteiger partial charge on any atom is 0.423 e. The fourth-order valence-electron chi connectivity index (χ4n) is 1.58. The molecule has 3 N–H and O–H groups in total. The Morgan fingerprint density at radius 2 is 1.75 bits per heavy atom. The van der Waals surface area contributed by atoms with Gasteiger partial charge in [0.1, 0.15) is 17.1 Å². The summed E-state index contributed by atoms with van der Waals surface area (Å²) in [6, 6.07) is 7.34. The zero-order valence-corrected chi connectivity index (χ0v) is 11.7. The summed E-state index contributed by atoms with van der Waals surface area (Å²) in [4.78, 5) is 19.4. The standard InChI is InChI=1S/C7H3F4NO2.C7H7NO2/c8-4-1-2-6(12(13)14)5(3-4)7(9,10)11;8-7(10)5-3-1-2-4-6(5)9/h1-3H;1-4,9H,(H2,8,10). The van der Waals surface area contributed by atoms with Crippen molar-refractivity contribution in [3.63, 3.8) is 0 Å². The van der Waals surface area contributed by atoms with E-state index in [9.17, 15) is 32.5 Å². The maximum absolute atomic E-state index is 12.4. The summed E-state index contributed by atoms with van der Waals surface area (Å²) in [5.74, 6) is -1.85. The van der Waals surface area contributed by atoms with Crippen LogP contribution in [0.1, 0.15) is 15.9 Å². The molecule has 0 atom stereocenters. The number of rotatable bonds is 2. The third kappa shape index (κ3) is 4.93. The number of para-hydroxylation sites is 1. The smallest absolute Gasteiger partial charge is 0.423 e. The van der Waals surface area contributed by atoms with Gasteiger partial charge >= 0.3 is 6.18 Å². The molecule has 10 heteroatoms. The number of hydrogen-bond donors (Lipinski definition) is 2. The number of carbonyl (C=O) groups is 1. The fraction of sp³-hybridized carbons (Fsp3) is 0.0714. The molecule has 0 unspecified atom stereocenters. The largest absolute Gasteiger partial charge is 0.507 e. The summed E-state index contributed by atoms with van der Waals surface area (Å²) in [5, 5.41) is 19.1. The molecule has 2 rings (SSSR count). The van der Waals surface area contributed by atoms with Gasteiger partial charge in [0.2, 0.25) is 0 Å². The van der Waals surface area contributed by atoms with Gasteiger partial charge in [-0.2, -0.15) is 13.2 Å². The Morgan fingerprint density at radius 1 is 1.17 bits per heavy atom. The minimum absolute atomic E-state index is 0.0741. The molecule has 6 nitrogen and oxygen atoms in total. The van der Waals surface area contributed by atoms with Gasteiger partial charge in [0.25, 0.3) is 11.6 Å². The van der Waals surface area contributed by atoms with E-state index < -0.39 is 34.1 Å². The lowest BCUT2D eigenvalue weighted by atomic mass is 10.1. The molecule has 0 aliphatic heterocycles. The zero-order valence-electron chi connectivity index (χ0n) is 11.7. The summed E-state index contributed by atoms with van der Waals surface area (Å²) in [7, 11) is 0. The van der Waals surface area contributed by atoms with Gasteiger partial charge in [-0.3, -0.25) is 14.9 Å². The molecule has 0 saturated heterocycles. The van der Waals surface area contributed by atoms with Crippen molar-refractivity contribution in [2.75, 3.05) is 0 Å². The van der Waals surface area contributed by atoms with Crippen molar-refractivity contribution < 1.29 is 32.4 Å². The van der Waals surface area contributed by atoms with Crippen molar-refractivity contribution in [1.29, 1.82) is 0 Å². The van der Waals surface area contributed by atoms with Gasteiger partial charge in [0.15, 0.2) is 0 Å². The Bertz CT molecular complexity index is 763. The van der Waals surface area contributed by atoms with Gasteiger partial charge in [0.05, 0.1) is 10.5 Å². The van der Waals surface area contributed by atoms with Crippen molar-refractivity contribution >= 4 is 11.6 Å². The molecule has 24 heavy (non-hydrogen) atoms. The van der Waals surface area contributed by atoms with Gasteiger partial charge in [-0.1, -0.05) is 12.1 Å². The van der Waals surface area contributed by atoms with Gasteiger partial charge < -0.3 is 10.8 Å². The Morgan fingerprint density at radius 3 is 2.17 bits per heavy atom. The van der Waals surface area contributed by atoms with Crippen LogP contribution in [0.2, 0.25) is 0 Å². The number of hydrogen-bond acceptors (Lipinski definition) is 4. The number of nitro groups is 1. The predicted octanol–water partition coefficient (Wildman–Crippen LogP) is 3.24. The van der Waals surface area contributed by atoms with E-state index in [2.05, 4.69) is 0 Å². The molecule has 0 aromatic heterocycles. The van der Waals surface area contributed by atoms with E-state index in [1.54, 1.807) is 12.1 Å². The second kappa shape index (κ2) is 7.40. The van der Waals surface area contributed by atoms with Crippen molar-refractivity contribution in [3.8, 4) is 5.75 Å². The molecular weight excluding hydrogens is 336 g/mol. The van der Waals surface area contributed by atoms with E-state index in [1.807, 2.05) is 0 Å². The van der Waals surface area contributed by atoms with Crippen LogP contribution in [-0.2, 0) is 6.18 Å². The molecule has 2 aromatic carbocycles. The molecule has 0 bridgehead atoms. The van der Waals surface area contributed by atoms with Crippen molar-refractivity contribution in [1.82, 2.24) is 0 Å². The SMILES string of the molecule is NC(=O)c1ccccc1O.O=[N+]([O-])c1ccc(F)cc1C(F)(F)F. The first-order chi connectivity index (χ1) is 11.0. The molecule has 0 aliphatic rings. The number of phenols is 1. The van der Waals surface area contributed by atoms with Crippen LogP contribution in [0.4, 0.5) is 23.2 Å². The van der Waals surface area contributed by atoms with E-state index in [0.29, 0.717) is 12.1 Å². The van der Waals surface area contributed by atoms with E-state index in [4.69, 9.17) is 10.8 Å². The highest BCUT2D eigenvalue weighted by Gasteiger charge is 2.38. The molecule has 2 aromatic rings. The normalized spacial score (nSPS) is 10.5. The third-order valence-electron chi connectivity index (χ3n) is 2.63. The zero-order chi connectivity index (χ0) is 18.5.